The molecule has 6 heteroatoms. The molecular weight excluding hydrogens is 249 g/mol. The van der Waals surface area contributed by atoms with Crippen LogP contribution in [0.4, 0.5) is 10.1 Å². The fourth-order valence-electron chi connectivity index (χ4n) is 1.99. The van der Waals surface area contributed by atoms with Crippen molar-refractivity contribution in [3.63, 3.8) is 0 Å². The number of anilines is 1. The van der Waals surface area contributed by atoms with Crippen molar-refractivity contribution in [1.82, 2.24) is 5.32 Å². The summed E-state index contributed by atoms with van der Waals surface area (Å²) in [6, 6.07) is 5.60. The van der Waals surface area contributed by atoms with Crippen LogP contribution in [0, 0.1) is 17.1 Å². The monoisotopic (exact) mass is 261 g/mol. The van der Waals surface area contributed by atoms with Crippen LogP contribution >= 0.6 is 0 Å². The molecule has 1 aromatic rings. The van der Waals surface area contributed by atoms with E-state index < -0.39 is 23.2 Å². The Kier molecular flexibility index (Phi) is 2.98. The molecule has 0 radical (unpaired) electrons. The van der Waals surface area contributed by atoms with Crippen LogP contribution in [0.1, 0.15) is 19.4 Å². The number of benzene rings is 1. The lowest BCUT2D eigenvalue weighted by Crippen LogP contribution is -2.64. The number of carbonyl (C=O) groups is 2. The third-order valence-corrected chi connectivity index (χ3v) is 3.11. The molecule has 5 nitrogen and oxygen atoms in total. The Hall–Kier alpha value is -2.42. The van der Waals surface area contributed by atoms with Gasteiger partial charge < -0.3 is 4.90 Å². The molecule has 1 aliphatic rings. The van der Waals surface area contributed by atoms with Crippen molar-refractivity contribution in [2.75, 3.05) is 11.4 Å². The fraction of sp³-hybridized carbons (Fsp3) is 0.308. The maximum Gasteiger partial charge on any atom is 0.251 e. The average molecular weight is 261 g/mol. The van der Waals surface area contributed by atoms with Crippen molar-refractivity contribution in [2.24, 2.45) is 0 Å². The second-order valence-corrected chi connectivity index (χ2v) is 4.83. The van der Waals surface area contributed by atoms with E-state index in [0.717, 1.165) is 6.07 Å². The number of imide groups is 1. The van der Waals surface area contributed by atoms with Gasteiger partial charge in [-0.3, -0.25) is 14.9 Å². The molecule has 0 spiro atoms. The molecule has 2 rings (SSSR count). The van der Waals surface area contributed by atoms with E-state index in [-0.39, 0.29) is 12.1 Å². The number of nitrogens with zero attached hydrogens (tertiary/aromatic N) is 2. The number of hydrogen-bond acceptors (Lipinski definition) is 4. The molecule has 19 heavy (non-hydrogen) atoms. The minimum Gasteiger partial charge on any atom is -0.348 e. The Bertz CT molecular complexity index is 604. The summed E-state index contributed by atoms with van der Waals surface area (Å²) < 4.78 is 13.5. The van der Waals surface area contributed by atoms with Gasteiger partial charge in [-0.15, -0.1) is 0 Å². The van der Waals surface area contributed by atoms with Crippen molar-refractivity contribution >= 4 is 17.5 Å². The van der Waals surface area contributed by atoms with Gasteiger partial charge in [0.25, 0.3) is 5.91 Å². The molecule has 0 atom stereocenters. The molecule has 1 saturated heterocycles. The van der Waals surface area contributed by atoms with Crippen LogP contribution in [-0.4, -0.2) is 23.9 Å². The first-order chi connectivity index (χ1) is 8.84. The minimum atomic E-state index is -0.992. The fourth-order valence-corrected chi connectivity index (χ4v) is 1.99. The smallest absolute Gasteiger partial charge is 0.251 e. The molecule has 1 aromatic carbocycles. The van der Waals surface area contributed by atoms with Gasteiger partial charge in [-0.25, -0.2) is 4.39 Å². The Morgan fingerprint density at radius 3 is 2.68 bits per heavy atom. The van der Waals surface area contributed by atoms with Crippen molar-refractivity contribution in [1.29, 1.82) is 5.26 Å². The maximum atomic E-state index is 13.5. The Labute approximate surface area is 109 Å². The quantitative estimate of drug-likeness (QED) is 0.763. The molecule has 2 amide bonds. The van der Waals surface area contributed by atoms with E-state index in [9.17, 15) is 14.0 Å². The van der Waals surface area contributed by atoms with E-state index in [1.807, 2.05) is 6.07 Å². The van der Waals surface area contributed by atoms with E-state index in [2.05, 4.69) is 5.32 Å². The van der Waals surface area contributed by atoms with Gasteiger partial charge in [0.05, 0.1) is 18.2 Å². The standard InChI is InChI=1S/C13H12FN3O2/c1-13(2)12(19)16-11(18)7-17(13)10-4-8(6-15)3-9(14)5-10/h3-5H,7H2,1-2H3,(H,16,18,19). The molecule has 1 heterocycles. The number of rotatable bonds is 1. The topological polar surface area (TPSA) is 73.2 Å². The molecule has 1 aliphatic heterocycles. The summed E-state index contributed by atoms with van der Waals surface area (Å²) in [5, 5.41) is 11.1. The third kappa shape index (κ3) is 2.27. The summed E-state index contributed by atoms with van der Waals surface area (Å²) in [4.78, 5) is 24.8. The van der Waals surface area contributed by atoms with Crippen LogP contribution in [0.2, 0.25) is 0 Å². The molecule has 98 valence electrons. The van der Waals surface area contributed by atoms with Gasteiger partial charge in [0.15, 0.2) is 0 Å². The normalized spacial score (nSPS) is 17.9. The molecular formula is C13H12FN3O2. The Morgan fingerprint density at radius 2 is 2.05 bits per heavy atom. The van der Waals surface area contributed by atoms with Crippen LogP contribution in [-0.2, 0) is 9.59 Å². The maximum absolute atomic E-state index is 13.5. The highest BCUT2D eigenvalue weighted by atomic mass is 19.1. The van der Waals surface area contributed by atoms with Gasteiger partial charge in [0.1, 0.15) is 11.4 Å². The van der Waals surface area contributed by atoms with Gasteiger partial charge in [0.2, 0.25) is 5.91 Å². The van der Waals surface area contributed by atoms with Crippen LogP contribution in [0.5, 0.6) is 0 Å². The lowest BCUT2D eigenvalue weighted by atomic mass is 9.97. The van der Waals surface area contributed by atoms with Crippen LogP contribution in [0.25, 0.3) is 0 Å². The number of hydrogen-bond donors (Lipinski definition) is 1. The summed E-state index contributed by atoms with van der Waals surface area (Å²) in [5.41, 5.74) is -0.511. The summed E-state index contributed by atoms with van der Waals surface area (Å²) in [6.07, 6.45) is 0. The average Bonchev–Trinajstić information content (AvgIpc) is 2.33. The molecule has 0 bridgehead atoms. The van der Waals surface area contributed by atoms with Crippen molar-refractivity contribution in [3.8, 4) is 6.07 Å². The van der Waals surface area contributed by atoms with Gasteiger partial charge in [-0.05, 0) is 32.0 Å². The molecule has 0 saturated carbocycles. The van der Waals surface area contributed by atoms with Crippen molar-refractivity contribution in [3.05, 3.63) is 29.6 Å². The number of nitriles is 1. The van der Waals surface area contributed by atoms with Gasteiger partial charge in [0, 0.05) is 5.69 Å². The Morgan fingerprint density at radius 1 is 1.37 bits per heavy atom. The summed E-state index contributed by atoms with van der Waals surface area (Å²) in [5.74, 6) is -1.48. The molecule has 0 aliphatic carbocycles. The predicted molar refractivity (Wildman–Crippen MR) is 65.7 cm³/mol. The number of amides is 2. The van der Waals surface area contributed by atoms with E-state index >= 15 is 0 Å². The second kappa shape index (κ2) is 4.35. The SMILES string of the molecule is CC1(C)C(=O)NC(=O)CN1c1cc(F)cc(C#N)c1. The van der Waals surface area contributed by atoms with E-state index in [0.29, 0.717) is 5.69 Å². The van der Waals surface area contributed by atoms with Crippen LogP contribution < -0.4 is 10.2 Å². The van der Waals surface area contributed by atoms with Gasteiger partial charge in [-0.1, -0.05) is 0 Å². The summed E-state index contributed by atoms with van der Waals surface area (Å²) >= 11 is 0. The van der Waals surface area contributed by atoms with E-state index in [4.69, 9.17) is 5.26 Å². The van der Waals surface area contributed by atoms with E-state index in [1.54, 1.807) is 13.8 Å². The first kappa shape index (κ1) is 13.0. The first-order valence-electron chi connectivity index (χ1n) is 5.67. The lowest BCUT2D eigenvalue weighted by Gasteiger charge is -2.41. The molecule has 1 N–H and O–H groups in total. The van der Waals surface area contributed by atoms with Crippen LogP contribution in [0.3, 0.4) is 0 Å². The number of halogens is 1. The molecule has 1 fully saturated rings. The summed E-state index contributed by atoms with van der Waals surface area (Å²) in [7, 11) is 0. The number of carbonyl (C=O) groups excluding carboxylic acids is 2. The highest BCUT2D eigenvalue weighted by Gasteiger charge is 2.41. The lowest BCUT2D eigenvalue weighted by molar-refractivity contribution is -0.135. The van der Waals surface area contributed by atoms with Crippen molar-refractivity contribution in [2.45, 2.75) is 19.4 Å². The summed E-state index contributed by atoms with van der Waals surface area (Å²) in [6.45, 7) is 3.20. The van der Waals surface area contributed by atoms with Crippen molar-refractivity contribution < 1.29 is 14.0 Å². The second-order valence-electron chi connectivity index (χ2n) is 4.83. The minimum absolute atomic E-state index is 0.0624. The third-order valence-electron chi connectivity index (χ3n) is 3.11. The largest absolute Gasteiger partial charge is 0.348 e. The first-order valence-corrected chi connectivity index (χ1v) is 5.67. The number of nitrogens with one attached hydrogen (secondary N) is 1. The van der Waals surface area contributed by atoms with Gasteiger partial charge in [-0.2, -0.15) is 5.26 Å². The highest BCUT2D eigenvalue weighted by Crippen LogP contribution is 2.27. The highest BCUT2D eigenvalue weighted by molar-refractivity contribution is 6.06. The molecule has 0 unspecified atom stereocenters. The van der Waals surface area contributed by atoms with E-state index in [1.165, 1.54) is 17.0 Å². The Balaban J connectivity index is 2.50. The zero-order valence-electron chi connectivity index (χ0n) is 10.5. The van der Waals surface area contributed by atoms with Crippen LogP contribution in [0.15, 0.2) is 18.2 Å². The van der Waals surface area contributed by atoms with Gasteiger partial charge >= 0.3 is 0 Å². The zero-order chi connectivity index (χ0) is 14.2. The number of piperazine rings is 1. The molecule has 0 aromatic heterocycles. The predicted octanol–water partition coefficient (Wildman–Crippen LogP) is 0.939. The zero-order valence-corrected chi connectivity index (χ0v) is 10.5.